The highest BCUT2D eigenvalue weighted by Gasteiger charge is 2.18. The van der Waals surface area contributed by atoms with E-state index in [9.17, 15) is 17.2 Å². The normalized spacial score (nSPS) is 11.7. The lowest BCUT2D eigenvalue weighted by Crippen LogP contribution is -2.24. The summed E-state index contributed by atoms with van der Waals surface area (Å²) in [4.78, 5) is -0.0917. The predicted molar refractivity (Wildman–Crippen MR) is 81.6 cm³/mol. The third kappa shape index (κ3) is 3.57. The number of benzene rings is 2. The summed E-state index contributed by atoms with van der Waals surface area (Å²) in [6, 6.07) is 6.19. The molecule has 0 saturated carbocycles. The van der Waals surface area contributed by atoms with E-state index >= 15 is 0 Å². The molecule has 0 heterocycles. The number of nitrogens with one attached hydrogen (secondary N) is 1. The Kier molecular flexibility index (Phi) is 5.07. The summed E-state index contributed by atoms with van der Waals surface area (Å²) in [6.07, 6.45) is 0. The van der Waals surface area contributed by atoms with Crippen LogP contribution in [0.4, 0.5) is 8.78 Å². The molecule has 0 aromatic heterocycles. The fraction of sp³-hybridized carbons (Fsp3) is 0.143. The van der Waals surface area contributed by atoms with Gasteiger partial charge in [-0.1, -0.05) is 29.3 Å². The zero-order chi connectivity index (χ0) is 16.5. The topological polar surface area (TPSA) is 46.2 Å². The maximum Gasteiger partial charge on any atom is 0.240 e. The fourth-order valence-corrected chi connectivity index (χ4v) is 3.17. The number of hydrogen-bond donors (Lipinski definition) is 1. The number of hydrogen-bond acceptors (Lipinski definition) is 2. The summed E-state index contributed by atoms with van der Waals surface area (Å²) < 4.78 is 53.7. The van der Waals surface area contributed by atoms with Crippen LogP contribution < -0.4 is 4.72 Å². The number of aryl methyl sites for hydroxylation is 1. The Morgan fingerprint density at radius 3 is 2.41 bits per heavy atom. The first-order valence-corrected chi connectivity index (χ1v) is 8.34. The average Bonchev–Trinajstić information content (AvgIpc) is 2.46. The molecular weight excluding hydrogens is 355 g/mol. The monoisotopic (exact) mass is 365 g/mol. The van der Waals surface area contributed by atoms with E-state index in [1.807, 2.05) is 0 Å². The minimum Gasteiger partial charge on any atom is -0.207 e. The molecule has 2 aromatic rings. The van der Waals surface area contributed by atoms with Gasteiger partial charge in [0.05, 0.1) is 9.92 Å². The number of halogens is 4. The molecule has 3 nitrogen and oxygen atoms in total. The van der Waals surface area contributed by atoms with Gasteiger partial charge < -0.3 is 0 Å². The van der Waals surface area contributed by atoms with E-state index in [1.165, 1.54) is 18.2 Å². The zero-order valence-corrected chi connectivity index (χ0v) is 13.7. The van der Waals surface area contributed by atoms with Crippen LogP contribution in [-0.4, -0.2) is 8.42 Å². The Labute approximate surface area is 136 Å². The highest BCUT2D eigenvalue weighted by atomic mass is 35.5. The molecule has 0 spiro atoms. The van der Waals surface area contributed by atoms with Crippen molar-refractivity contribution in [3.63, 3.8) is 0 Å². The van der Waals surface area contributed by atoms with Gasteiger partial charge in [-0.3, -0.25) is 0 Å². The summed E-state index contributed by atoms with van der Waals surface area (Å²) in [5, 5.41) is -0.00281. The van der Waals surface area contributed by atoms with Crippen LogP contribution >= 0.6 is 23.2 Å². The van der Waals surface area contributed by atoms with Gasteiger partial charge >= 0.3 is 0 Å². The Morgan fingerprint density at radius 2 is 1.77 bits per heavy atom. The minimum atomic E-state index is -3.95. The molecule has 22 heavy (non-hydrogen) atoms. The molecule has 1 N–H and O–H groups in total. The second-order valence-corrected chi connectivity index (χ2v) is 7.14. The SMILES string of the molecule is Cc1ccc(S(=O)(=O)NCc2c(F)ccc(Cl)c2F)cc1Cl. The standard InChI is InChI=1S/C14H11Cl2F2NO2S/c1-8-2-3-9(6-12(8)16)22(20,21)19-7-10-13(17)5-4-11(15)14(10)18/h2-6,19H,7H2,1H3. The van der Waals surface area contributed by atoms with Crippen LogP contribution in [0.15, 0.2) is 35.2 Å². The van der Waals surface area contributed by atoms with Crippen LogP contribution in [0.5, 0.6) is 0 Å². The number of rotatable bonds is 4. The van der Waals surface area contributed by atoms with Gasteiger partial charge in [-0.05, 0) is 36.8 Å². The molecule has 0 aliphatic rings. The Bertz CT molecular complexity index is 826. The average molecular weight is 366 g/mol. The predicted octanol–water partition coefficient (Wildman–Crippen LogP) is 4.06. The van der Waals surface area contributed by atoms with E-state index in [0.717, 1.165) is 12.1 Å². The summed E-state index contributed by atoms with van der Waals surface area (Å²) in [6.45, 7) is 1.16. The van der Waals surface area contributed by atoms with Crippen molar-refractivity contribution in [1.82, 2.24) is 4.72 Å². The van der Waals surface area contributed by atoms with Gasteiger partial charge in [0.2, 0.25) is 10.0 Å². The second kappa shape index (κ2) is 6.50. The van der Waals surface area contributed by atoms with Crippen molar-refractivity contribution in [2.75, 3.05) is 0 Å². The largest absolute Gasteiger partial charge is 0.240 e. The van der Waals surface area contributed by atoms with Gasteiger partial charge in [-0.15, -0.1) is 0 Å². The van der Waals surface area contributed by atoms with Crippen LogP contribution in [-0.2, 0) is 16.6 Å². The van der Waals surface area contributed by atoms with E-state index in [2.05, 4.69) is 4.72 Å². The summed E-state index contributed by atoms with van der Waals surface area (Å²) in [7, 11) is -3.95. The lowest BCUT2D eigenvalue weighted by atomic mass is 10.2. The van der Waals surface area contributed by atoms with Crippen LogP contribution in [0.1, 0.15) is 11.1 Å². The van der Waals surface area contributed by atoms with E-state index in [0.29, 0.717) is 5.56 Å². The van der Waals surface area contributed by atoms with Crippen LogP contribution in [0.3, 0.4) is 0 Å². The second-order valence-electron chi connectivity index (χ2n) is 4.56. The van der Waals surface area contributed by atoms with E-state index < -0.39 is 33.8 Å². The lowest BCUT2D eigenvalue weighted by Gasteiger charge is -2.10. The molecule has 2 aromatic carbocycles. The van der Waals surface area contributed by atoms with Gasteiger partial charge in [-0.25, -0.2) is 21.9 Å². The van der Waals surface area contributed by atoms with Crippen molar-refractivity contribution in [1.29, 1.82) is 0 Å². The van der Waals surface area contributed by atoms with Gasteiger partial charge in [0.15, 0.2) is 0 Å². The van der Waals surface area contributed by atoms with Crippen LogP contribution in [0, 0.1) is 18.6 Å². The smallest absolute Gasteiger partial charge is 0.207 e. The summed E-state index contributed by atoms with van der Waals surface area (Å²) >= 11 is 11.4. The van der Waals surface area contributed by atoms with Gasteiger partial charge in [-0.2, -0.15) is 0 Å². The third-order valence-corrected chi connectivity index (χ3v) is 5.13. The van der Waals surface area contributed by atoms with Crippen molar-refractivity contribution >= 4 is 33.2 Å². The van der Waals surface area contributed by atoms with Crippen molar-refractivity contribution in [2.24, 2.45) is 0 Å². The maximum absolute atomic E-state index is 13.7. The molecule has 0 atom stereocenters. The third-order valence-electron chi connectivity index (χ3n) is 3.03. The highest BCUT2D eigenvalue weighted by Crippen LogP contribution is 2.23. The summed E-state index contributed by atoms with van der Waals surface area (Å²) in [5.74, 6) is -1.88. The highest BCUT2D eigenvalue weighted by molar-refractivity contribution is 7.89. The van der Waals surface area contributed by atoms with Gasteiger partial charge in [0.1, 0.15) is 11.6 Å². The molecule has 0 saturated heterocycles. The van der Waals surface area contributed by atoms with Crippen molar-refractivity contribution in [3.8, 4) is 0 Å². The fourth-order valence-electron chi connectivity index (χ4n) is 1.72. The molecule has 0 bridgehead atoms. The van der Waals surface area contributed by atoms with E-state index in [-0.39, 0.29) is 14.9 Å². The molecule has 2 rings (SSSR count). The zero-order valence-electron chi connectivity index (χ0n) is 11.3. The van der Waals surface area contributed by atoms with E-state index in [4.69, 9.17) is 23.2 Å². The van der Waals surface area contributed by atoms with Crippen molar-refractivity contribution in [3.05, 3.63) is 63.1 Å². The van der Waals surface area contributed by atoms with E-state index in [1.54, 1.807) is 6.92 Å². The molecular formula is C14H11Cl2F2NO2S. The van der Waals surface area contributed by atoms with Gasteiger partial charge in [0.25, 0.3) is 0 Å². The quantitative estimate of drug-likeness (QED) is 0.830. The Balaban J connectivity index is 2.27. The molecule has 0 aliphatic carbocycles. The lowest BCUT2D eigenvalue weighted by molar-refractivity contribution is 0.544. The Hall–Kier alpha value is -1.21. The first kappa shape index (κ1) is 17.1. The molecule has 0 aliphatic heterocycles. The van der Waals surface area contributed by atoms with Crippen molar-refractivity contribution < 1.29 is 17.2 Å². The molecule has 0 amide bonds. The Morgan fingerprint density at radius 1 is 1.09 bits per heavy atom. The van der Waals surface area contributed by atoms with Crippen LogP contribution in [0.2, 0.25) is 10.0 Å². The maximum atomic E-state index is 13.7. The number of sulfonamides is 1. The van der Waals surface area contributed by atoms with Crippen LogP contribution in [0.25, 0.3) is 0 Å². The van der Waals surface area contributed by atoms with Crippen molar-refractivity contribution in [2.45, 2.75) is 18.4 Å². The summed E-state index contributed by atoms with van der Waals surface area (Å²) in [5.41, 5.74) is 0.266. The molecule has 118 valence electrons. The molecule has 0 radical (unpaired) electrons. The molecule has 0 unspecified atom stereocenters. The first-order valence-electron chi connectivity index (χ1n) is 6.10. The molecule has 8 heteroatoms. The van der Waals surface area contributed by atoms with Gasteiger partial charge in [0, 0.05) is 17.1 Å². The first-order chi connectivity index (χ1) is 10.2. The molecule has 0 fully saturated rings. The minimum absolute atomic E-state index is 0.0917.